The number of carbonyl (C=O) groups is 3. The van der Waals surface area contributed by atoms with Crippen molar-refractivity contribution in [2.45, 2.75) is 32.2 Å². The lowest BCUT2D eigenvalue weighted by atomic mass is 9.91. The average molecular weight is 339 g/mol. The van der Waals surface area contributed by atoms with Gasteiger partial charge in [0.2, 0.25) is 0 Å². The topological polar surface area (TPSA) is 82.3 Å². The second kappa shape index (κ2) is 6.55. The molecule has 1 aromatic heterocycles. The molecule has 3 amide bonds. The molecule has 1 aliphatic heterocycles. The number of urea groups is 1. The number of aryl methyl sites for hydroxylation is 1. The first-order chi connectivity index (χ1) is 12.0. The summed E-state index contributed by atoms with van der Waals surface area (Å²) in [4.78, 5) is 41.1. The van der Waals surface area contributed by atoms with Crippen LogP contribution in [0.15, 0.2) is 42.6 Å². The van der Waals surface area contributed by atoms with E-state index in [1.54, 1.807) is 25.3 Å². The molecule has 3 rings (SSSR count). The van der Waals surface area contributed by atoms with Crippen molar-refractivity contribution in [3.05, 3.63) is 59.4 Å². The van der Waals surface area contributed by atoms with Crippen LogP contribution in [-0.2, 0) is 16.8 Å². The maximum atomic E-state index is 12.8. The van der Waals surface area contributed by atoms with E-state index in [2.05, 4.69) is 17.2 Å². The summed E-state index contributed by atoms with van der Waals surface area (Å²) in [5, 5.41) is 2.72. The van der Waals surface area contributed by atoms with E-state index >= 15 is 0 Å². The Kier molecular flexibility index (Phi) is 4.44. The summed E-state index contributed by atoms with van der Waals surface area (Å²) in [7, 11) is 0. The summed E-state index contributed by atoms with van der Waals surface area (Å²) >= 11 is 0. The van der Waals surface area contributed by atoms with Gasteiger partial charge in [0, 0.05) is 6.20 Å². The quantitative estimate of drug-likeness (QED) is 0.627. The molecule has 1 fully saturated rings. The predicted octanol–water partition coefficient (Wildman–Crippen LogP) is 2.62. The van der Waals surface area contributed by atoms with Gasteiger partial charge in [-0.15, -0.1) is 0 Å². The molecule has 2 heterocycles. The monoisotopic (exact) mass is 339 g/mol. The number of nitrogens with zero attached hydrogens (tertiary/aromatic N) is 1. The predicted molar refractivity (Wildman–Crippen MR) is 93.2 cm³/mol. The third kappa shape index (κ3) is 3.07. The van der Waals surface area contributed by atoms with Crippen LogP contribution in [0.25, 0.3) is 0 Å². The van der Waals surface area contributed by atoms with Gasteiger partial charge in [-0.25, -0.2) is 4.79 Å². The lowest BCUT2D eigenvalue weighted by molar-refractivity contribution is -0.130. The maximum Gasteiger partial charge on any atom is 0.325 e. The summed E-state index contributed by atoms with van der Waals surface area (Å²) in [6.45, 7) is 3.49. The van der Waals surface area contributed by atoms with Crippen molar-refractivity contribution < 1.29 is 14.4 Å². The number of hydrogen-bond donors (Lipinski definition) is 2. The number of aromatic nitrogens is 1. The van der Waals surface area contributed by atoms with E-state index in [9.17, 15) is 14.4 Å². The highest BCUT2D eigenvalue weighted by Crippen LogP contribution is 2.29. The number of benzene rings is 1. The number of H-pyrrole nitrogens is 1. The molecule has 0 unspecified atom stereocenters. The average Bonchev–Trinajstić information content (AvgIpc) is 3.20. The van der Waals surface area contributed by atoms with Crippen LogP contribution >= 0.6 is 0 Å². The largest absolute Gasteiger partial charge is 0.359 e. The van der Waals surface area contributed by atoms with Crippen molar-refractivity contribution >= 4 is 17.7 Å². The first kappa shape index (κ1) is 17.0. The van der Waals surface area contributed by atoms with Crippen LogP contribution in [0.1, 0.15) is 41.9 Å². The molecule has 6 heteroatoms. The summed E-state index contributed by atoms with van der Waals surface area (Å²) in [6.07, 6.45) is 3.63. The normalized spacial score (nSPS) is 20.0. The smallest absolute Gasteiger partial charge is 0.325 e. The van der Waals surface area contributed by atoms with Crippen LogP contribution in [0, 0.1) is 0 Å². The molecule has 0 radical (unpaired) electrons. The number of carbonyl (C=O) groups excluding carboxylic acids is 3. The number of ketones is 1. The number of aromatic amines is 1. The molecule has 0 bridgehead atoms. The molecule has 130 valence electrons. The van der Waals surface area contributed by atoms with Crippen LogP contribution in [0.4, 0.5) is 4.79 Å². The molecule has 1 aromatic carbocycles. The van der Waals surface area contributed by atoms with Crippen LogP contribution in [0.3, 0.4) is 0 Å². The Balaban J connectivity index is 1.80. The zero-order chi connectivity index (χ0) is 18.0. The van der Waals surface area contributed by atoms with E-state index in [4.69, 9.17) is 0 Å². The number of nitrogens with one attached hydrogen (secondary N) is 2. The van der Waals surface area contributed by atoms with Gasteiger partial charge in [-0.3, -0.25) is 14.5 Å². The van der Waals surface area contributed by atoms with Gasteiger partial charge in [0.15, 0.2) is 5.78 Å². The summed E-state index contributed by atoms with van der Waals surface area (Å²) in [5.74, 6) is -0.725. The van der Waals surface area contributed by atoms with Gasteiger partial charge in [0.05, 0.1) is 12.2 Å². The molecule has 25 heavy (non-hydrogen) atoms. The van der Waals surface area contributed by atoms with Gasteiger partial charge in [0.1, 0.15) is 5.54 Å². The van der Waals surface area contributed by atoms with Gasteiger partial charge >= 0.3 is 6.03 Å². The summed E-state index contributed by atoms with van der Waals surface area (Å²) in [6, 6.07) is 10.4. The standard InChI is InChI=1S/C19H21N3O3/c1-3-5-13-7-9-14(10-8-13)19(2)17(24)22(18(25)21-19)12-16(23)15-6-4-11-20-15/h4,6-11,20H,3,5,12H2,1-2H3,(H,21,25)/t19-/m0/s1. The van der Waals surface area contributed by atoms with Crippen molar-refractivity contribution in [3.63, 3.8) is 0 Å². The van der Waals surface area contributed by atoms with Crippen molar-refractivity contribution in [2.24, 2.45) is 0 Å². The van der Waals surface area contributed by atoms with E-state index in [1.165, 1.54) is 5.56 Å². The Morgan fingerprint density at radius 2 is 1.88 bits per heavy atom. The molecule has 0 saturated carbocycles. The highest BCUT2D eigenvalue weighted by molar-refractivity contribution is 6.10. The zero-order valence-electron chi connectivity index (χ0n) is 14.3. The van der Waals surface area contributed by atoms with Crippen molar-refractivity contribution in [1.29, 1.82) is 0 Å². The Hall–Kier alpha value is -2.89. The molecule has 1 saturated heterocycles. The highest BCUT2D eigenvalue weighted by Gasteiger charge is 2.49. The molecule has 1 atom stereocenters. The van der Waals surface area contributed by atoms with Crippen LogP contribution in [0.2, 0.25) is 0 Å². The van der Waals surface area contributed by atoms with Gasteiger partial charge < -0.3 is 10.3 Å². The van der Waals surface area contributed by atoms with Crippen LogP contribution < -0.4 is 5.32 Å². The molecule has 0 spiro atoms. The van der Waals surface area contributed by atoms with E-state index in [0.29, 0.717) is 11.3 Å². The minimum Gasteiger partial charge on any atom is -0.359 e. The molecule has 2 aromatic rings. The van der Waals surface area contributed by atoms with Gasteiger partial charge in [-0.2, -0.15) is 0 Å². The van der Waals surface area contributed by atoms with Crippen molar-refractivity contribution in [3.8, 4) is 0 Å². The summed E-state index contributed by atoms with van der Waals surface area (Å²) in [5.41, 5.74) is 1.11. The fourth-order valence-corrected chi connectivity index (χ4v) is 3.06. The van der Waals surface area contributed by atoms with E-state index in [0.717, 1.165) is 17.7 Å². The second-order valence-electron chi connectivity index (χ2n) is 6.40. The third-order valence-corrected chi connectivity index (χ3v) is 4.55. The van der Waals surface area contributed by atoms with Gasteiger partial charge in [-0.05, 0) is 36.6 Å². The van der Waals surface area contributed by atoms with Gasteiger partial charge in [0.25, 0.3) is 5.91 Å². The van der Waals surface area contributed by atoms with Crippen molar-refractivity contribution in [2.75, 3.05) is 6.54 Å². The highest BCUT2D eigenvalue weighted by atomic mass is 16.2. The van der Waals surface area contributed by atoms with E-state index < -0.39 is 17.5 Å². The molecule has 1 aliphatic rings. The number of amides is 3. The second-order valence-corrected chi connectivity index (χ2v) is 6.40. The Morgan fingerprint density at radius 3 is 2.48 bits per heavy atom. The Labute approximate surface area is 146 Å². The number of Topliss-reactive ketones (excluding diaryl/α,β-unsaturated/α-hetero) is 1. The SMILES string of the molecule is CCCc1ccc([C@]2(C)NC(=O)N(CC(=O)c3ccc[nH]3)C2=O)cc1. The Bertz CT molecular complexity index is 796. The van der Waals surface area contributed by atoms with E-state index in [-0.39, 0.29) is 12.3 Å². The summed E-state index contributed by atoms with van der Waals surface area (Å²) < 4.78 is 0. The molecular weight excluding hydrogens is 318 g/mol. The minimum absolute atomic E-state index is 0.283. The lowest BCUT2D eigenvalue weighted by Crippen LogP contribution is -2.41. The maximum absolute atomic E-state index is 12.8. The first-order valence-electron chi connectivity index (χ1n) is 8.36. The number of imide groups is 1. The van der Waals surface area contributed by atoms with Crippen molar-refractivity contribution in [1.82, 2.24) is 15.2 Å². The molecule has 2 N–H and O–H groups in total. The fraction of sp³-hybridized carbons (Fsp3) is 0.316. The van der Waals surface area contributed by atoms with E-state index in [1.807, 2.05) is 24.3 Å². The number of hydrogen-bond acceptors (Lipinski definition) is 3. The Morgan fingerprint density at radius 1 is 1.16 bits per heavy atom. The van der Waals surface area contributed by atoms with Crippen LogP contribution in [0.5, 0.6) is 0 Å². The minimum atomic E-state index is -1.15. The number of rotatable bonds is 6. The van der Waals surface area contributed by atoms with Crippen LogP contribution in [-0.4, -0.2) is 34.2 Å². The fourth-order valence-electron chi connectivity index (χ4n) is 3.06. The molecular formula is C19H21N3O3. The molecule has 6 nitrogen and oxygen atoms in total. The molecule has 0 aliphatic carbocycles. The van der Waals surface area contributed by atoms with Gasteiger partial charge in [-0.1, -0.05) is 37.6 Å². The lowest BCUT2D eigenvalue weighted by Gasteiger charge is -2.22. The first-order valence-corrected chi connectivity index (χ1v) is 8.36. The zero-order valence-corrected chi connectivity index (χ0v) is 14.3. The third-order valence-electron chi connectivity index (χ3n) is 4.55.